The fraction of sp³-hybridized carbons (Fsp3) is 0.636. The zero-order chi connectivity index (χ0) is 9.23. The number of rotatable bonds is 7. The second-order valence-corrected chi connectivity index (χ2v) is 3.16. The Hall–Kier alpha value is -0.560. The van der Waals surface area contributed by atoms with Gasteiger partial charge in [0, 0.05) is 0 Å². The lowest BCUT2D eigenvalue weighted by Gasteiger charge is -2.00. The van der Waals surface area contributed by atoms with Crippen LogP contribution in [0.15, 0.2) is 24.3 Å². The molecule has 70 valence electrons. The van der Waals surface area contributed by atoms with E-state index in [1.807, 2.05) is 13.1 Å². The van der Waals surface area contributed by atoms with Gasteiger partial charge in [-0.15, -0.1) is 0 Å². The molecule has 0 bridgehead atoms. The fourth-order valence-corrected chi connectivity index (χ4v) is 1.17. The lowest BCUT2D eigenvalue weighted by molar-refractivity contribution is 0.641. The molecule has 0 fully saturated rings. The van der Waals surface area contributed by atoms with Crippen LogP contribution in [0.2, 0.25) is 0 Å². The third-order valence-electron chi connectivity index (χ3n) is 1.90. The second-order valence-electron chi connectivity index (χ2n) is 3.16. The van der Waals surface area contributed by atoms with E-state index in [-0.39, 0.29) is 0 Å². The predicted molar refractivity (Wildman–Crippen MR) is 56.3 cm³/mol. The van der Waals surface area contributed by atoms with Gasteiger partial charge in [-0.25, -0.2) is 0 Å². The van der Waals surface area contributed by atoms with Gasteiger partial charge >= 0.3 is 0 Å². The van der Waals surface area contributed by atoms with E-state index in [9.17, 15) is 0 Å². The van der Waals surface area contributed by atoms with Crippen molar-refractivity contribution in [3.63, 3.8) is 0 Å². The normalized spacial score (nSPS) is 11.7. The second kappa shape index (κ2) is 8.54. The van der Waals surface area contributed by atoms with E-state index in [2.05, 4.69) is 24.9 Å². The smallest absolute Gasteiger partial charge is 0.00519 e. The number of allylic oxidation sites excluding steroid dienone is 3. The van der Waals surface area contributed by atoms with Crippen LogP contribution >= 0.6 is 0 Å². The molecular formula is C11H21N. The van der Waals surface area contributed by atoms with Crippen molar-refractivity contribution in [1.82, 2.24) is 5.32 Å². The van der Waals surface area contributed by atoms with Crippen molar-refractivity contribution in [2.24, 2.45) is 0 Å². The molecule has 1 heteroatoms. The van der Waals surface area contributed by atoms with E-state index in [1.54, 1.807) is 0 Å². The minimum Gasteiger partial charge on any atom is -0.320 e. The zero-order valence-electron chi connectivity index (χ0n) is 8.40. The summed E-state index contributed by atoms with van der Waals surface area (Å²) in [6.45, 7) is 6.98. The third kappa shape index (κ3) is 7.55. The molecule has 1 N–H and O–H groups in total. The highest BCUT2D eigenvalue weighted by Crippen LogP contribution is 2.07. The molecule has 0 aliphatic heterocycles. The van der Waals surface area contributed by atoms with Crippen LogP contribution in [0.1, 0.15) is 32.6 Å². The highest BCUT2D eigenvalue weighted by Gasteiger charge is 1.89. The molecule has 0 aliphatic carbocycles. The molecule has 0 atom stereocenters. The number of unbranched alkanes of at least 4 members (excludes halogenated alkanes) is 2. The van der Waals surface area contributed by atoms with Crippen LogP contribution < -0.4 is 5.32 Å². The molecular weight excluding hydrogens is 146 g/mol. The molecule has 0 radical (unpaired) electrons. The Morgan fingerprint density at radius 1 is 1.33 bits per heavy atom. The van der Waals surface area contributed by atoms with Gasteiger partial charge in [0.2, 0.25) is 0 Å². The van der Waals surface area contributed by atoms with Gasteiger partial charge in [-0.05, 0) is 39.8 Å². The lowest BCUT2D eigenvalue weighted by atomic mass is 10.1. The zero-order valence-corrected chi connectivity index (χ0v) is 8.40. The molecule has 0 heterocycles. The van der Waals surface area contributed by atoms with Crippen molar-refractivity contribution in [1.29, 1.82) is 0 Å². The van der Waals surface area contributed by atoms with Crippen LogP contribution in [0.3, 0.4) is 0 Å². The van der Waals surface area contributed by atoms with Gasteiger partial charge in [-0.2, -0.15) is 0 Å². The Kier molecular flexibility index (Phi) is 8.14. The maximum Gasteiger partial charge on any atom is -0.00519 e. The highest BCUT2D eigenvalue weighted by atomic mass is 14.8. The van der Waals surface area contributed by atoms with Crippen molar-refractivity contribution in [2.75, 3.05) is 13.6 Å². The third-order valence-corrected chi connectivity index (χ3v) is 1.90. The molecule has 0 saturated carbocycles. The Morgan fingerprint density at radius 3 is 2.67 bits per heavy atom. The van der Waals surface area contributed by atoms with Gasteiger partial charge in [0.1, 0.15) is 0 Å². The maximum atomic E-state index is 3.67. The first-order chi connectivity index (χ1) is 5.81. The average molecular weight is 167 g/mol. The maximum absolute atomic E-state index is 3.67. The largest absolute Gasteiger partial charge is 0.320 e. The van der Waals surface area contributed by atoms with E-state index < -0.39 is 0 Å². The number of hydrogen-bond acceptors (Lipinski definition) is 1. The fourth-order valence-electron chi connectivity index (χ4n) is 1.17. The summed E-state index contributed by atoms with van der Waals surface area (Å²) in [5.41, 5.74) is 1.44. The summed E-state index contributed by atoms with van der Waals surface area (Å²) in [4.78, 5) is 0. The van der Waals surface area contributed by atoms with Crippen LogP contribution in [0.5, 0.6) is 0 Å². The van der Waals surface area contributed by atoms with E-state index in [4.69, 9.17) is 0 Å². The van der Waals surface area contributed by atoms with E-state index in [1.165, 1.54) is 31.3 Å². The van der Waals surface area contributed by atoms with E-state index in [0.717, 1.165) is 6.54 Å². The summed E-state index contributed by atoms with van der Waals surface area (Å²) < 4.78 is 0. The standard InChI is InChI=1S/C11H21N/c1-4-8-11(2)9-6-5-7-10-12-3/h4,8,12H,1,5-7,9-10H2,2-3H3/b11-8+. The van der Waals surface area contributed by atoms with Crippen LogP contribution in [-0.4, -0.2) is 13.6 Å². The average Bonchev–Trinajstić information content (AvgIpc) is 2.05. The van der Waals surface area contributed by atoms with E-state index >= 15 is 0 Å². The minimum absolute atomic E-state index is 1.14. The van der Waals surface area contributed by atoms with Gasteiger partial charge in [-0.3, -0.25) is 0 Å². The molecule has 1 nitrogen and oxygen atoms in total. The van der Waals surface area contributed by atoms with Gasteiger partial charge < -0.3 is 5.32 Å². The first-order valence-corrected chi connectivity index (χ1v) is 4.74. The Labute approximate surface area is 76.6 Å². The van der Waals surface area contributed by atoms with Gasteiger partial charge in [0.05, 0.1) is 0 Å². The Morgan fingerprint density at radius 2 is 2.08 bits per heavy atom. The van der Waals surface area contributed by atoms with Crippen molar-refractivity contribution in [3.8, 4) is 0 Å². The summed E-state index contributed by atoms with van der Waals surface area (Å²) >= 11 is 0. The molecule has 0 unspecified atom stereocenters. The Bertz CT molecular complexity index is 136. The SMILES string of the molecule is C=C/C=C(\C)CCCCCNC. The molecule has 12 heavy (non-hydrogen) atoms. The van der Waals surface area contributed by atoms with Crippen LogP contribution in [-0.2, 0) is 0 Å². The van der Waals surface area contributed by atoms with Crippen LogP contribution in [0, 0.1) is 0 Å². The Balaban J connectivity index is 3.19. The molecule has 0 saturated heterocycles. The summed E-state index contributed by atoms with van der Waals surface area (Å²) in [5, 5.41) is 3.15. The summed E-state index contributed by atoms with van der Waals surface area (Å²) in [6.07, 6.45) is 9.09. The predicted octanol–water partition coefficient (Wildman–Crippen LogP) is 2.90. The van der Waals surface area contributed by atoms with Crippen LogP contribution in [0.4, 0.5) is 0 Å². The molecule has 0 aromatic heterocycles. The quantitative estimate of drug-likeness (QED) is 0.454. The molecule has 0 aliphatic rings. The topological polar surface area (TPSA) is 12.0 Å². The lowest BCUT2D eigenvalue weighted by Crippen LogP contribution is -2.06. The van der Waals surface area contributed by atoms with Gasteiger partial charge in [-0.1, -0.05) is 30.7 Å². The first kappa shape index (κ1) is 11.4. The van der Waals surface area contributed by atoms with Crippen molar-refractivity contribution in [2.45, 2.75) is 32.6 Å². The van der Waals surface area contributed by atoms with Gasteiger partial charge in [0.25, 0.3) is 0 Å². The molecule has 0 aromatic carbocycles. The van der Waals surface area contributed by atoms with Gasteiger partial charge in [0.15, 0.2) is 0 Å². The minimum atomic E-state index is 1.14. The van der Waals surface area contributed by atoms with E-state index in [0.29, 0.717) is 0 Å². The molecule has 0 spiro atoms. The summed E-state index contributed by atoms with van der Waals surface area (Å²) in [7, 11) is 2.00. The molecule has 0 rings (SSSR count). The van der Waals surface area contributed by atoms with Crippen LogP contribution in [0.25, 0.3) is 0 Å². The summed E-state index contributed by atoms with van der Waals surface area (Å²) in [6, 6.07) is 0. The number of nitrogens with one attached hydrogen (secondary N) is 1. The summed E-state index contributed by atoms with van der Waals surface area (Å²) in [5.74, 6) is 0. The molecule has 0 amide bonds. The van der Waals surface area contributed by atoms with Crippen molar-refractivity contribution in [3.05, 3.63) is 24.3 Å². The monoisotopic (exact) mass is 167 g/mol. The van der Waals surface area contributed by atoms with Crippen molar-refractivity contribution < 1.29 is 0 Å². The van der Waals surface area contributed by atoms with Crippen molar-refractivity contribution >= 4 is 0 Å². The first-order valence-electron chi connectivity index (χ1n) is 4.74. The number of hydrogen-bond donors (Lipinski definition) is 1. The molecule has 0 aromatic rings. The highest BCUT2D eigenvalue weighted by molar-refractivity contribution is 5.07.